The van der Waals surface area contributed by atoms with Crippen molar-refractivity contribution in [1.29, 1.82) is 5.26 Å². The Morgan fingerprint density at radius 2 is 1.15 bits per heavy atom. The van der Waals surface area contributed by atoms with Crippen LogP contribution in [0.4, 0.5) is 10.5 Å². The fraction of sp³-hybridized carbons (Fsp3) is 0.667. The number of ether oxygens (including phenoxy) is 1. The number of allylic oxidation sites excluding steroid dienone is 4. The number of aliphatic hydroxyl groups is 1. The minimum Gasteiger partial charge on any atom is -0.446 e. The Hall–Kier alpha value is -5.46. The van der Waals surface area contributed by atoms with Gasteiger partial charge in [-0.15, -0.1) is 0 Å². The minimum atomic E-state index is -3.89. The SMILES string of the molecule is CN1CCCC/C=C\[C@@H]2C[C@@]2(C(=O)NS(=O)(=O)C2(C)CC2)CC(=O)[C@@H]2C[C@@H](O)C[C@H]2C1=O.CN1CCCC/C=C\[C@@H]2C[C@@]2(C(=O)NS(=O)(=O)C2(C)CC2)CC(=O)[C@@H]2C[C@@H](OC(=O)Nc3cccc(C#N)c3)C[C@H]2C1=O. The number of nitrogens with one attached hydrogen (secondary N) is 3. The van der Waals surface area contributed by atoms with Gasteiger partial charge in [0.25, 0.3) is 0 Å². The maximum absolute atomic E-state index is 13.9. The number of Topliss-reactive ketones (excluding diaryl/α,β-unsaturated/α-hetero) is 2. The van der Waals surface area contributed by atoms with Crippen LogP contribution in [0.5, 0.6) is 0 Å². The maximum atomic E-state index is 13.9. The molecule has 21 heteroatoms. The summed E-state index contributed by atoms with van der Waals surface area (Å²) < 4.78 is 59.4. The first-order valence-electron chi connectivity index (χ1n) is 26.5. The number of hydrogen-bond acceptors (Lipinski definition) is 14. The van der Waals surface area contributed by atoms with Gasteiger partial charge in [0.15, 0.2) is 0 Å². The first-order valence-corrected chi connectivity index (χ1v) is 29.5. The summed E-state index contributed by atoms with van der Waals surface area (Å²) in [4.78, 5) is 96.5. The van der Waals surface area contributed by atoms with Gasteiger partial charge in [0, 0.05) is 57.5 Å². The van der Waals surface area contributed by atoms with Gasteiger partial charge >= 0.3 is 6.09 Å². The van der Waals surface area contributed by atoms with Crippen LogP contribution in [0.2, 0.25) is 0 Å². The molecule has 1 aromatic carbocycles. The van der Waals surface area contributed by atoms with E-state index >= 15 is 0 Å². The summed E-state index contributed by atoms with van der Waals surface area (Å²) in [7, 11) is -4.27. The molecule has 5 amide bonds. The fourth-order valence-electron chi connectivity index (χ4n) is 11.6. The number of fused-ring (bicyclic) bond motifs is 4. The normalized spacial score (nSPS) is 34.1. The Bertz CT molecular complexity index is 2800. The third-order valence-electron chi connectivity index (χ3n) is 17.6. The maximum Gasteiger partial charge on any atom is 0.411 e. The molecular formula is C54H72N6O13S2. The highest BCUT2D eigenvalue weighted by molar-refractivity contribution is 7.92. The fourth-order valence-corrected chi connectivity index (χ4v) is 14.2. The molecule has 0 aromatic heterocycles. The number of sulfonamides is 2. The van der Waals surface area contributed by atoms with E-state index in [0.717, 1.165) is 38.5 Å². The predicted molar refractivity (Wildman–Crippen MR) is 274 cm³/mol. The van der Waals surface area contributed by atoms with Crippen molar-refractivity contribution in [3.8, 4) is 6.07 Å². The summed E-state index contributed by atoms with van der Waals surface area (Å²) in [6.45, 7) is 4.35. The van der Waals surface area contributed by atoms with E-state index in [4.69, 9.17) is 10.00 Å². The van der Waals surface area contributed by atoms with Crippen LogP contribution in [0.3, 0.4) is 0 Å². The first kappa shape index (κ1) is 55.8. The average molecular weight is 1080 g/mol. The number of anilines is 1. The molecule has 2 heterocycles. The summed E-state index contributed by atoms with van der Waals surface area (Å²) >= 11 is 0. The second-order valence-corrected chi connectivity index (χ2v) is 27.6. The van der Waals surface area contributed by atoms with Crippen molar-refractivity contribution in [3.63, 3.8) is 0 Å². The molecule has 2 aliphatic heterocycles. The molecular weight excluding hydrogens is 1000 g/mol. The number of benzene rings is 1. The zero-order valence-electron chi connectivity index (χ0n) is 43.4. The second kappa shape index (κ2) is 21.5. The lowest BCUT2D eigenvalue weighted by atomic mass is 9.84. The molecule has 9 rings (SSSR count). The summed E-state index contributed by atoms with van der Waals surface area (Å²) in [5.41, 5.74) is -1.55. The van der Waals surface area contributed by atoms with E-state index in [9.17, 15) is 55.5 Å². The van der Waals surface area contributed by atoms with Gasteiger partial charge in [-0.05, 0) is 147 Å². The third kappa shape index (κ3) is 12.1. The molecule has 408 valence electrons. The van der Waals surface area contributed by atoms with E-state index in [1.807, 2.05) is 30.4 Å². The molecule has 6 saturated carbocycles. The van der Waals surface area contributed by atoms with Gasteiger partial charge in [0.1, 0.15) is 17.7 Å². The second-order valence-electron chi connectivity index (χ2n) is 23.2. The van der Waals surface area contributed by atoms with E-state index in [1.54, 1.807) is 55.9 Å². The molecule has 8 aliphatic rings. The molecule has 0 saturated heterocycles. The van der Waals surface area contributed by atoms with E-state index < -0.39 is 94.2 Å². The number of amides is 5. The van der Waals surface area contributed by atoms with Gasteiger partial charge in [-0.1, -0.05) is 30.4 Å². The number of nitriles is 1. The summed E-state index contributed by atoms with van der Waals surface area (Å²) in [6, 6.07) is 8.36. The number of carbonyl (C=O) groups is 7. The van der Waals surface area contributed by atoms with Gasteiger partial charge in [-0.3, -0.25) is 43.5 Å². The van der Waals surface area contributed by atoms with Crippen LogP contribution in [0.1, 0.15) is 135 Å². The number of aliphatic hydroxyl groups excluding tert-OH is 1. The highest BCUT2D eigenvalue weighted by Crippen LogP contribution is 2.59. The molecule has 4 N–H and O–H groups in total. The molecule has 75 heavy (non-hydrogen) atoms. The highest BCUT2D eigenvalue weighted by atomic mass is 32.2. The average Bonchev–Trinajstić information content (AvgIpc) is 4.31. The van der Waals surface area contributed by atoms with Crippen molar-refractivity contribution in [2.24, 2.45) is 46.3 Å². The topological polar surface area (TPSA) is 284 Å². The number of carbonyl (C=O) groups excluding carboxylic acids is 7. The molecule has 6 fully saturated rings. The van der Waals surface area contributed by atoms with Crippen molar-refractivity contribution in [2.45, 2.75) is 151 Å². The van der Waals surface area contributed by atoms with Crippen LogP contribution in [0.25, 0.3) is 0 Å². The van der Waals surface area contributed by atoms with Crippen molar-refractivity contribution in [2.75, 3.05) is 32.5 Å². The van der Waals surface area contributed by atoms with Crippen molar-refractivity contribution in [1.82, 2.24) is 19.2 Å². The molecule has 10 atom stereocenters. The van der Waals surface area contributed by atoms with E-state index in [2.05, 4.69) is 14.8 Å². The van der Waals surface area contributed by atoms with E-state index in [0.29, 0.717) is 62.9 Å². The van der Waals surface area contributed by atoms with Crippen LogP contribution in [0, 0.1) is 57.7 Å². The van der Waals surface area contributed by atoms with Gasteiger partial charge in [0.2, 0.25) is 43.7 Å². The van der Waals surface area contributed by atoms with Crippen LogP contribution < -0.4 is 14.8 Å². The Morgan fingerprint density at radius 3 is 1.63 bits per heavy atom. The molecule has 0 bridgehead atoms. The number of nitrogens with zero attached hydrogens (tertiary/aromatic N) is 3. The van der Waals surface area contributed by atoms with E-state index in [1.165, 1.54) is 6.07 Å². The monoisotopic (exact) mass is 1080 g/mol. The van der Waals surface area contributed by atoms with Gasteiger partial charge in [-0.2, -0.15) is 5.26 Å². The standard InChI is InChI=1S/C31H38N4O7S.C23H34N2O6S/c1-30(11-12-30)43(40,41)34-28(38)31-17-21(31)9-5-3-4-6-13-35(2)27(37)25-16-23(15-24(25)26(36)18-31)42-29(39)33-22-10-7-8-20(14-22)19-32;1-22(8-9-22)32(30,31)24-21(29)23-13-15(23)7-5-3-4-6-10-25(2)20(28)18-12-16(26)11-17(18)19(27)14-23/h5,7-10,14,21,23-25H,3-4,6,11-13,15-18H2,1-2H3,(H,33,39)(H,34,38);5,7,15-18,26H,3-4,6,8-14H2,1-2H3,(H,24,29)/b9-5-;7-5-/t21-,23-,24-,25-,31-;15-,16-,17-,18-,23-/m11/s1. The largest absolute Gasteiger partial charge is 0.446 e. The smallest absolute Gasteiger partial charge is 0.411 e. The summed E-state index contributed by atoms with van der Waals surface area (Å²) in [6.07, 6.45) is 13.6. The zero-order chi connectivity index (χ0) is 54.3. The van der Waals surface area contributed by atoms with E-state index in [-0.39, 0.29) is 73.7 Å². The number of ketones is 2. The Balaban J connectivity index is 0.000000208. The number of hydrogen-bond donors (Lipinski definition) is 4. The Kier molecular flexibility index (Phi) is 16.0. The summed E-state index contributed by atoms with van der Waals surface area (Å²) in [5.74, 6) is -5.39. The van der Waals surface area contributed by atoms with Gasteiger partial charge < -0.3 is 19.6 Å². The Morgan fingerprint density at radius 1 is 0.693 bits per heavy atom. The molecule has 6 aliphatic carbocycles. The van der Waals surface area contributed by atoms with Gasteiger partial charge in [0.05, 0.1) is 49.9 Å². The van der Waals surface area contributed by atoms with Crippen molar-refractivity contribution in [3.05, 3.63) is 54.1 Å². The van der Waals surface area contributed by atoms with Crippen LogP contribution in [0.15, 0.2) is 48.6 Å². The first-order chi connectivity index (χ1) is 35.4. The Labute approximate surface area is 440 Å². The quantitative estimate of drug-likeness (QED) is 0.244. The lowest BCUT2D eigenvalue weighted by molar-refractivity contribution is -0.140. The molecule has 19 nitrogen and oxygen atoms in total. The lowest BCUT2D eigenvalue weighted by Crippen LogP contribution is -2.44. The third-order valence-corrected chi connectivity index (χ3v) is 21.9. The van der Waals surface area contributed by atoms with Crippen molar-refractivity contribution >= 4 is 67.0 Å². The molecule has 0 unspecified atom stereocenters. The zero-order valence-corrected chi connectivity index (χ0v) is 45.0. The molecule has 1 aromatic rings. The molecule has 0 spiro atoms. The number of rotatable bonds is 8. The van der Waals surface area contributed by atoms with Crippen LogP contribution >= 0.6 is 0 Å². The lowest BCUT2D eigenvalue weighted by Gasteiger charge is -2.26. The highest BCUT2D eigenvalue weighted by Gasteiger charge is 2.64. The van der Waals surface area contributed by atoms with Crippen molar-refractivity contribution < 1.29 is 60.2 Å². The minimum absolute atomic E-state index is 0.106. The summed E-state index contributed by atoms with van der Waals surface area (Å²) in [5, 5.41) is 21.9. The van der Waals surface area contributed by atoms with Crippen LogP contribution in [-0.2, 0) is 53.6 Å². The van der Waals surface area contributed by atoms with Crippen LogP contribution in [-0.4, -0.2) is 122 Å². The van der Waals surface area contributed by atoms with Gasteiger partial charge in [-0.25, -0.2) is 21.6 Å². The predicted octanol–water partition coefficient (Wildman–Crippen LogP) is 5.20. The molecule has 0 radical (unpaired) electrons.